The Kier molecular flexibility index (Phi) is 3.79. The Balaban J connectivity index is 2.26. The van der Waals surface area contributed by atoms with Gasteiger partial charge in [0.2, 0.25) is 0 Å². The van der Waals surface area contributed by atoms with Crippen LogP contribution in [0.2, 0.25) is 0 Å². The van der Waals surface area contributed by atoms with Crippen LogP contribution in [-0.4, -0.2) is 35.3 Å². The first-order valence-corrected chi connectivity index (χ1v) is 5.92. The fourth-order valence-electron chi connectivity index (χ4n) is 1.97. The van der Waals surface area contributed by atoms with Gasteiger partial charge in [-0.1, -0.05) is 12.7 Å². The first kappa shape index (κ1) is 13.1. The number of rotatable bonds is 3. The zero-order chi connectivity index (χ0) is 13.8. The van der Waals surface area contributed by atoms with E-state index in [1.54, 1.807) is 6.07 Å². The number of hydrogen-bond acceptors (Lipinski definition) is 4. The molecule has 0 radical (unpaired) electrons. The van der Waals surface area contributed by atoms with E-state index in [4.69, 9.17) is 9.84 Å². The third-order valence-electron chi connectivity index (χ3n) is 2.80. The van der Waals surface area contributed by atoms with Crippen molar-refractivity contribution in [3.63, 3.8) is 0 Å². The number of anilines is 1. The fourth-order valence-corrected chi connectivity index (χ4v) is 1.97. The number of carboxylic acids is 1. The molecule has 0 aromatic carbocycles. The Hall–Kier alpha value is -2.37. The van der Waals surface area contributed by atoms with E-state index in [0.717, 1.165) is 6.42 Å². The Morgan fingerprint density at radius 2 is 2.32 bits per heavy atom. The molecule has 19 heavy (non-hydrogen) atoms. The van der Waals surface area contributed by atoms with E-state index in [2.05, 4.69) is 11.6 Å². The highest BCUT2D eigenvalue weighted by Crippen LogP contribution is 2.26. The SMILES string of the molecule is C=CCOC(=O)N1CCCc2nc(C(=O)O)ccc21. The van der Waals surface area contributed by atoms with E-state index in [0.29, 0.717) is 24.3 Å². The molecule has 0 saturated carbocycles. The second-order valence-corrected chi connectivity index (χ2v) is 4.09. The molecule has 0 atom stereocenters. The number of carbonyl (C=O) groups excluding carboxylic acids is 1. The zero-order valence-corrected chi connectivity index (χ0v) is 10.3. The quantitative estimate of drug-likeness (QED) is 0.841. The number of aromatic nitrogens is 1. The van der Waals surface area contributed by atoms with Crippen LogP contribution in [0, 0.1) is 0 Å². The normalized spacial score (nSPS) is 13.6. The third-order valence-corrected chi connectivity index (χ3v) is 2.80. The van der Waals surface area contributed by atoms with Crippen LogP contribution in [0.1, 0.15) is 22.6 Å². The summed E-state index contributed by atoms with van der Waals surface area (Å²) in [6, 6.07) is 2.99. The van der Waals surface area contributed by atoms with Crippen molar-refractivity contribution < 1.29 is 19.4 Å². The maximum Gasteiger partial charge on any atom is 0.414 e. The lowest BCUT2D eigenvalue weighted by molar-refractivity contribution is 0.0690. The van der Waals surface area contributed by atoms with Crippen molar-refractivity contribution in [1.29, 1.82) is 0 Å². The molecule has 6 heteroatoms. The molecule has 0 aliphatic carbocycles. The van der Waals surface area contributed by atoms with Crippen molar-refractivity contribution >= 4 is 17.7 Å². The molecule has 6 nitrogen and oxygen atoms in total. The second kappa shape index (κ2) is 5.51. The molecule has 100 valence electrons. The molecular formula is C13H14N2O4. The van der Waals surface area contributed by atoms with E-state index >= 15 is 0 Å². The number of pyridine rings is 1. The van der Waals surface area contributed by atoms with Gasteiger partial charge in [0.15, 0.2) is 0 Å². The highest BCUT2D eigenvalue weighted by Gasteiger charge is 2.25. The molecule has 1 aliphatic rings. The minimum atomic E-state index is -1.07. The van der Waals surface area contributed by atoms with E-state index < -0.39 is 12.1 Å². The predicted octanol–water partition coefficient (Wildman–Crippen LogP) is 1.86. The van der Waals surface area contributed by atoms with Gasteiger partial charge in [0.05, 0.1) is 11.4 Å². The molecule has 0 unspecified atom stereocenters. The minimum absolute atomic E-state index is 0.0138. The maximum absolute atomic E-state index is 11.9. The van der Waals surface area contributed by atoms with E-state index in [-0.39, 0.29) is 12.3 Å². The van der Waals surface area contributed by atoms with Gasteiger partial charge in [-0.15, -0.1) is 0 Å². The number of carbonyl (C=O) groups is 2. The van der Waals surface area contributed by atoms with Gasteiger partial charge in [0.1, 0.15) is 12.3 Å². The molecule has 1 amide bonds. The molecule has 2 rings (SSSR count). The van der Waals surface area contributed by atoms with Crippen LogP contribution in [-0.2, 0) is 11.2 Å². The second-order valence-electron chi connectivity index (χ2n) is 4.09. The first-order valence-electron chi connectivity index (χ1n) is 5.92. The van der Waals surface area contributed by atoms with Crippen molar-refractivity contribution in [2.75, 3.05) is 18.1 Å². The molecule has 1 N–H and O–H groups in total. The predicted molar refractivity (Wildman–Crippen MR) is 68.4 cm³/mol. The monoisotopic (exact) mass is 262 g/mol. The first-order chi connectivity index (χ1) is 9.13. The lowest BCUT2D eigenvalue weighted by Crippen LogP contribution is -2.36. The zero-order valence-electron chi connectivity index (χ0n) is 10.3. The largest absolute Gasteiger partial charge is 0.477 e. The van der Waals surface area contributed by atoms with Gasteiger partial charge in [0, 0.05) is 6.54 Å². The summed E-state index contributed by atoms with van der Waals surface area (Å²) in [6.45, 7) is 4.16. The van der Waals surface area contributed by atoms with Gasteiger partial charge in [-0.25, -0.2) is 14.6 Å². The summed E-state index contributed by atoms with van der Waals surface area (Å²) in [5.41, 5.74) is 1.21. The van der Waals surface area contributed by atoms with E-state index in [1.165, 1.54) is 17.0 Å². The summed E-state index contributed by atoms with van der Waals surface area (Å²) in [5.74, 6) is -1.07. The smallest absolute Gasteiger partial charge is 0.414 e. The Morgan fingerprint density at radius 1 is 1.53 bits per heavy atom. The number of carboxylic acid groups (broad SMARTS) is 1. The van der Waals surface area contributed by atoms with Crippen LogP contribution in [0.5, 0.6) is 0 Å². The van der Waals surface area contributed by atoms with Crippen molar-refractivity contribution in [2.45, 2.75) is 12.8 Å². The number of fused-ring (bicyclic) bond motifs is 1. The average molecular weight is 262 g/mol. The maximum atomic E-state index is 11.9. The van der Waals surface area contributed by atoms with Crippen molar-refractivity contribution in [3.05, 3.63) is 36.2 Å². The molecule has 0 fully saturated rings. The van der Waals surface area contributed by atoms with Crippen LogP contribution >= 0.6 is 0 Å². The molecule has 0 spiro atoms. The molecule has 2 heterocycles. The van der Waals surface area contributed by atoms with Crippen LogP contribution in [0.15, 0.2) is 24.8 Å². The summed E-state index contributed by atoms with van der Waals surface area (Å²) in [7, 11) is 0. The molecular weight excluding hydrogens is 248 g/mol. The molecule has 1 aromatic heterocycles. The van der Waals surface area contributed by atoms with Gasteiger partial charge in [0.25, 0.3) is 0 Å². The van der Waals surface area contributed by atoms with Gasteiger partial charge in [-0.3, -0.25) is 4.90 Å². The number of ether oxygens (including phenoxy) is 1. The fraction of sp³-hybridized carbons (Fsp3) is 0.308. The number of hydrogen-bond donors (Lipinski definition) is 1. The van der Waals surface area contributed by atoms with E-state index in [9.17, 15) is 9.59 Å². The van der Waals surface area contributed by atoms with Crippen molar-refractivity contribution in [3.8, 4) is 0 Å². The molecule has 1 aromatic rings. The highest BCUT2D eigenvalue weighted by molar-refractivity contribution is 5.90. The summed E-state index contributed by atoms with van der Waals surface area (Å²) < 4.78 is 4.99. The number of nitrogens with zero attached hydrogens (tertiary/aromatic N) is 2. The topological polar surface area (TPSA) is 79.7 Å². The summed E-state index contributed by atoms with van der Waals surface area (Å²) >= 11 is 0. The van der Waals surface area contributed by atoms with E-state index in [1.807, 2.05) is 0 Å². The third kappa shape index (κ3) is 2.73. The lowest BCUT2D eigenvalue weighted by Gasteiger charge is -2.27. The van der Waals surface area contributed by atoms with Crippen LogP contribution < -0.4 is 4.90 Å². The van der Waals surface area contributed by atoms with Gasteiger partial charge in [-0.2, -0.15) is 0 Å². The number of aryl methyl sites for hydroxylation is 1. The van der Waals surface area contributed by atoms with Gasteiger partial charge < -0.3 is 9.84 Å². The molecule has 0 bridgehead atoms. The average Bonchev–Trinajstić information content (AvgIpc) is 2.43. The molecule has 0 saturated heterocycles. The van der Waals surface area contributed by atoms with Crippen LogP contribution in [0.4, 0.5) is 10.5 Å². The Labute approximate surface area is 110 Å². The van der Waals surface area contributed by atoms with Gasteiger partial charge >= 0.3 is 12.1 Å². The summed E-state index contributed by atoms with van der Waals surface area (Å²) in [4.78, 5) is 28.2. The minimum Gasteiger partial charge on any atom is -0.477 e. The number of aromatic carboxylic acids is 1. The van der Waals surface area contributed by atoms with Crippen LogP contribution in [0.25, 0.3) is 0 Å². The summed E-state index contributed by atoms with van der Waals surface area (Å²) in [5, 5.41) is 8.90. The Bertz CT molecular complexity index is 527. The standard InChI is InChI=1S/C13H14N2O4/c1-2-8-19-13(18)15-7-3-4-9-11(15)6-5-10(14-9)12(16)17/h2,5-6H,1,3-4,7-8H2,(H,16,17). The summed E-state index contributed by atoms with van der Waals surface area (Å²) in [6.07, 6.45) is 2.41. The lowest BCUT2D eigenvalue weighted by atomic mass is 10.1. The Morgan fingerprint density at radius 3 is 3.00 bits per heavy atom. The van der Waals surface area contributed by atoms with Crippen molar-refractivity contribution in [2.24, 2.45) is 0 Å². The number of amides is 1. The highest BCUT2D eigenvalue weighted by atomic mass is 16.6. The van der Waals surface area contributed by atoms with Crippen LogP contribution in [0.3, 0.4) is 0 Å². The van der Waals surface area contributed by atoms with Gasteiger partial charge in [-0.05, 0) is 25.0 Å². The van der Waals surface area contributed by atoms with Crippen molar-refractivity contribution in [1.82, 2.24) is 4.98 Å². The molecule has 1 aliphatic heterocycles.